The summed E-state index contributed by atoms with van der Waals surface area (Å²) in [5.74, 6) is -0.981. The summed E-state index contributed by atoms with van der Waals surface area (Å²) in [4.78, 5) is 23.7. The fourth-order valence-corrected chi connectivity index (χ4v) is 3.51. The Hall–Kier alpha value is -3.09. The third-order valence-corrected chi connectivity index (χ3v) is 5.31. The van der Waals surface area contributed by atoms with Crippen LogP contribution in [0.5, 0.6) is 17.2 Å². The average Bonchev–Trinajstić information content (AvgIpc) is 3.27. The molecule has 2 aromatic rings. The lowest BCUT2D eigenvalue weighted by atomic mass is 10.00. The first kappa shape index (κ1) is 26.5. The highest BCUT2D eigenvalue weighted by Gasteiger charge is 2.41. The number of amides is 1. The molecule has 0 aromatic heterocycles. The van der Waals surface area contributed by atoms with Gasteiger partial charge in [-0.3, -0.25) is 14.9 Å². The van der Waals surface area contributed by atoms with Crippen LogP contribution in [0.4, 0.5) is 18.9 Å². The first-order valence-electron chi connectivity index (χ1n) is 10.5. The first-order valence-corrected chi connectivity index (χ1v) is 10.8. The number of benzene rings is 2. The van der Waals surface area contributed by atoms with Gasteiger partial charge in [0, 0.05) is 25.1 Å². The molecule has 2 aromatic carbocycles. The summed E-state index contributed by atoms with van der Waals surface area (Å²) in [5.41, 5.74) is -3.04. The van der Waals surface area contributed by atoms with Crippen LogP contribution in [0.15, 0.2) is 36.4 Å². The highest BCUT2D eigenvalue weighted by atomic mass is 35.5. The van der Waals surface area contributed by atoms with Crippen molar-refractivity contribution in [1.29, 1.82) is 0 Å². The Labute approximate surface area is 203 Å². The molecule has 0 bridgehead atoms. The molecule has 1 aliphatic heterocycles. The highest BCUT2D eigenvalue weighted by Crippen LogP contribution is 2.40. The van der Waals surface area contributed by atoms with Crippen molar-refractivity contribution in [3.63, 3.8) is 0 Å². The van der Waals surface area contributed by atoms with Crippen molar-refractivity contribution in [2.45, 2.75) is 38.3 Å². The maximum atomic E-state index is 12.9. The van der Waals surface area contributed by atoms with Gasteiger partial charge in [0.1, 0.15) is 11.5 Å². The summed E-state index contributed by atoms with van der Waals surface area (Å²) >= 11 is 5.94. The van der Waals surface area contributed by atoms with E-state index in [4.69, 9.17) is 30.5 Å². The molecule has 1 fully saturated rings. The van der Waals surface area contributed by atoms with Crippen LogP contribution in [0.2, 0.25) is 5.02 Å². The van der Waals surface area contributed by atoms with Gasteiger partial charge in [-0.25, -0.2) is 0 Å². The van der Waals surface area contributed by atoms with Crippen LogP contribution >= 0.6 is 11.6 Å². The van der Waals surface area contributed by atoms with Gasteiger partial charge in [-0.15, -0.1) is 0 Å². The summed E-state index contributed by atoms with van der Waals surface area (Å²) in [7, 11) is 0. The number of nitrogens with zero attached hydrogens (tertiary/aromatic N) is 1. The molecule has 3 rings (SSSR count). The van der Waals surface area contributed by atoms with E-state index >= 15 is 0 Å². The van der Waals surface area contributed by atoms with E-state index in [0.29, 0.717) is 19.3 Å². The normalized spacial score (nSPS) is 15.9. The second kappa shape index (κ2) is 10.7. The lowest BCUT2D eigenvalue weighted by Gasteiger charge is -2.30. The summed E-state index contributed by atoms with van der Waals surface area (Å²) < 4.78 is 60.9. The molecule has 1 N–H and O–H groups in total. The highest BCUT2D eigenvalue weighted by molar-refractivity contribution is 6.32. The Morgan fingerprint density at radius 2 is 1.89 bits per heavy atom. The van der Waals surface area contributed by atoms with Gasteiger partial charge in [-0.1, -0.05) is 11.6 Å². The molecule has 1 aliphatic rings. The van der Waals surface area contributed by atoms with Crippen molar-refractivity contribution < 1.29 is 41.8 Å². The zero-order valence-corrected chi connectivity index (χ0v) is 19.4. The van der Waals surface area contributed by atoms with E-state index in [1.807, 2.05) is 0 Å². The number of hydrogen-bond donors (Lipinski definition) is 1. The Morgan fingerprint density at radius 3 is 2.46 bits per heavy atom. The Balaban J connectivity index is 1.93. The molecule has 0 radical (unpaired) electrons. The van der Waals surface area contributed by atoms with Crippen molar-refractivity contribution in [3.05, 3.63) is 57.1 Å². The summed E-state index contributed by atoms with van der Waals surface area (Å²) in [6, 6.07) is 5.99. The van der Waals surface area contributed by atoms with E-state index in [9.17, 15) is 28.1 Å². The lowest BCUT2D eigenvalue weighted by molar-refractivity contribution is -0.386. The summed E-state index contributed by atoms with van der Waals surface area (Å²) in [6.45, 7) is 4.07. The number of likely N-dealkylation sites (N-methyl/N-ethyl adjacent to an activating group) is 1. The second-order valence-electron chi connectivity index (χ2n) is 7.70. The number of rotatable bonds is 9. The molecule has 1 unspecified atom stereocenters. The van der Waals surface area contributed by atoms with Gasteiger partial charge in [0.15, 0.2) is 11.9 Å². The number of ether oxygens (including phenoxy) is 4. The van der Waals surface area contributed by atoms with Gasteiger partial charge in [0.25, 0.3) is 5.91 Å². The van der Waals surface area contributed by atoms with E-state index in [2.05, 4.69) is 5.32 Å². The molecule has 0 aliphatic carbocycles. The van der Waals surface area contributed by atoms with Gasteiger partial charge in [-0.05, 0) is 38.1 Å². The molecule has 0 saturated carbocycles. The average molecular weight is 519 g/mol. The number of carbonyl (C=O) groups excluding carboxylic acids is 1. The lowest BCUT2D eigenvalue weighted by Crippen LogP contribution is -2.51. The predicted molar refractivity (Wildman–Crippen MR) is 118 cm³/mol. The van der Waals surface area contributed by atoms with Crippen LogP contribution in [-0.4, -0.2) is 42.5 Å². The third kappa shape index (κ3) is 6.53. The van der Waals surface area contributed by atoms with Gasteiger partial charge < -0.3 is 24.3 Å². The van der Waals surface area contributed by atoms with Gasteiger partial charge in [0.2, 0.25) is 5.75 Å². The van der Waals surface area contributed by atoms with Crippen molar-refractivity contribution in [2.75, 3.05) is 19.8 Å². The number of nitro groups is 1. The molecule has 190 valence electrons. The molecular weight excluding hydrogens is 497 g/mol. The maximum absolute atomic E-state index is 12.9. The topological polar surface area (TPSA) is 109 Å². The molecule has 1 amide bonds. The molecule has 0 spiro atoms. The largest absolute Gasteiger partial charge is 0.470 e. The van der Waals surface area contributed by atoms with Crippen LogP contribution in [0.1, 0.15) is 25.8 Å². The van der Waals surface area contributed by atoms with Gasteiger partial charge in [-0.2, -0.15) is 13.2 Å². The van der Waals surface area contributed by atoms with E-state index < -0.39 is 40.1 Å². The summed E-state index contributed by atoms with van der Waals surface area (Å²) in [5, 5.41) is 13.9. The Bertz CT molecular complexity index is 1090. The molecule has 1 heterocycles. The number of nitrogens with one attached hydrogen (secondary N) is 1. The molecular formula is C22H22ClF3N2O7. The zero-order chi connectivity index (χ0) is 25.8. The third-order valence-electron chi connectivity index (χ3n) is 5.01. The monoisotopic (exact) mass is 518 g/mol. The number of halogens is 4. The van der Waals surface area contributed by atoms with Crippen LogP contribution < -0.4 is 14.8 Å². The van der Waals surface area contributed by atoms with Crippen LogP contribution in [0, 0.1) is 10.1 Å². The van der Waals surface area contributed by atoms with Gasteiger partial charge in [0.05, 0.1) is 28.7 Å². The fraction of sp³-hybridized carbons (Fsp3) is 0.409. The zero-order valence-electron chi connectivity index (χ0n) is 18.7. The molecule has 13 heteroatoms. The van der Waals surface area contributed by atoms with E-state index in [-0.39, 0.29) is 35.2 Å². The number of hydrogen-bond acceptors (Lipinski definition) is 7. The molecule has 1 saturated heterocycles. The number of carbonyl (C=O) groups is 1. The molecule has 35 heavy (non-hydrogen) atoms. The van der Waals surface area contributed by atoms with E-state index in [1.54, 1.807) is 6.92 Å². The fourth-order valence-electron chi connectivity index (χ4n) is 3.29. The summed E-state index contributed by atoms with van der Waals surface area (Å²) in [6.07, 6.45) is -5.41. The first-order chi connectivity index (χ1) is 16.4. The number of alkyl halides is 3. The number of nitro benzene ring substituents is 1. The van der Waals surface area contributed by atoms with Crippen LogP contribution in [0.3, 0.4) is 0 Å². The van der Waals surface area contributed by atoms with Crippen molar-refractivity contribution >= 4 is 23.2 Å². The minimum absolute atomic E-state index is 0.0149. The SMILES string of the molecule is CCNC(=O)C(C)(CC1OCCO1)Oc1cc(Oc2ccc(C(F)(F)F)cc2Cl)ccc1[N+](=O)[O-]. The predicted octanol–water partition coefficient (Wildman–Crippen LogP) is 5.10. The minimum Gasteiger partial charge on any atom is -0.470 e. The Morgan fingerprint density at radius 1 is 1.20 bits per heavy atom. The van der Waals surface area contributed by atoms with Crippen LogP contribution in [0.25, 0.3) is 0 Å². The standard InChI is InChI=1S/C22H22ClF3N2O7/c1-3-27-20(29)21(2,12-19-32-8-9-33-19)35-18-11-14(5-6-16(18)28(30)31)34-17-7-4-13(10-15(17)23)22(24,25)26/h4-7,10-11,19H,3,8-9,12H2,1-2H3,(H,27,29). The van der Waals surface area contributed by atoms with E-state index in [0.717, 1.165) is 24.3 Å². The minimum atomic E-state index is -4.59. The van der Waals surface area contributed by atoms with Crippen molar-refractivity contribution in [3.8, 4) is 17.2 Å². The molecule has 9 nitrogen and oxygen atoms in total. The second-order valence-corrected chi connectivity index (χ2v) is 8.11. The maximum Gasteiger partial charge on any atom is 0.416 e. The Kier molecular flexibility index (Phi) is 8.08. The van der Waals surface area contributed by atoms with Crippen molar-refractivity contribution in [2.24, 2.45) is 0 Å². The van der Waals surface area contributed by atoms with Gasteiger partial charge >= 0.3 is 11.9 Å². The smallest absolute Gasteiger partial charge is 0.416 e. The van der Waals surface area contributed by atoms with Crippen molar-refractivity contribution in [1.82, 2.24) is 5.32 Å². The van der Waals surface area contributed by atoms with E-state index in [1.165, 1.54) is 13.0 Å². The van der Waals surface area contributed by atoms with Crippen LogP contribution in [-0.2, 0) is 20.4 Å². The quantitative estimate of drug-likeness (QED) is 0.363. The molecule has 1 atom stereocenters.